The summed E-state index contributed by atoms with van der Waals surface area (Å²) in [7, 11) is 0. The summed E-state index contributed by atoms with van der Waals surface area (Å²) in [6.07, 6.45) is -1.47. The molecule has 2 unspecified atom stereocenters. The zero-order chi connectivity index (χ0) is 29.4. The molecule has 8 nitrogen and oxygen atoms in total. The molecule has 2 N–H and O–H groups in total. The van der Waals surface area contributed by atoms with Gasteiger partial charge in [0.15, 0.2) is 5.82 Å². The predicted molar refractivity (Wildman–Crippen MR) is 140 cm³/mol. The van der Waals surface area contributed by atoms with E-state index in [1.807, 2.05) is 20.8 Å². The fraction of sp³-hybridized carbons (Fsp3) is 0.370. The molecule has 3 heterocycles. The molecule has 2 atom stereocenters. The number of H-pyrrole nitrogens is 1. The highest BCUT2D eigenvalue weighted by Crippen LogP contribution is 2.32. The second-order valence-electron chi connectivity index (χ2n) is 10.6. The van der Waals surface area contributed by atoms with Gasteiger partial charge in [-0.3, -0.25) is 9.59 Å². The number of alkyl halides is 4. The second kappa shape index (κ2) is 10.8. The summed E-state index contributed by atoms with van der Waals surface area (Å²) in [5, 5.41) is 8.00. The Hall–Kier alpha value is -4.16. The molecule has 3 aromatic heterocycles. The first-order chi connectivity index (χ1) is 18.6. The molecule has 0 fully saturated rings. The minimum atomic E-state index is -4.94. The van der Waals surface area contributed by atoms with Crippen molar-refractivity contribution in [2.24, 2.45) is 0 Å². The average molecular weight is 563 g/mol. The molecular weight excluding hydrogens is 535 g/mol. The number of nitrogens with zero attached hydrogens (tertiary/aromatic N) is 4. The van der Waals surface area contributed by atoms with E-state index >= 15 is 4.39 Å². The van der Waals surface area contributed by atoms with Crippen LogP contribution in [0.5, 0.6) is 0 Å². The third-order valence-corrected chi connectivity index (χ3v) is 6.37. The lowest BCUT2D eigenvalue weighted by Crippen LogP contribution is -2.30. The Bertz CT molecular complexity index is 1640. The molecule has 0 saturated heterocycles. The molecular formula is C27H27F5N6O2. The zero-order valence-corrected chi connectivity index (χ0v) is 22.1. The topological polar surface area (TPSA) is 106 Å². The van der Waals surface area contributed by atoms with Crippen molar-refractivity contribution in [2.45, 2.75) is 64.5 Å². The lowest BCUT2D eigenvalue weighted by Gasteiger charge is -2.20. The molecule has 4 aromatic rings. The normalized spacial score (nSPS) is 13.8. The van der Waals surface area contributed by atoms with Crippen LogP contribution in [0.15, 0.2) is 52.6 Å². The Morgan fingerprint density at radius 3 is 2.38 bits per heavy atom. The molecule has 4 rings (SSSR count). The van der Waals surface area contributed by atoms with Crippen LogP contribution in [0.25, 0.3) is 22.2 Å². The zero-order valence-electron chi connectivity index (χ0n) is 22.1. The fourth-order valence-corrected chi connectivity index (χ4v) is 4.26. The van der Waals surface area contributed by atoms with Crippen molar-refractivity contribution in [1.29, 1.82) is 0 Å². The highest BCUT2D eigenvalue weighted by Gasteiger charge is 2.37. The first-order valence-corrected chi connectivity index (χ1v) is 12.4. The smallest absolute Gasteiger partial charge is 0.381 e. The number of pyridine rings is 1. The lowest BCUT2D eigenvalue weighted by atomic mass is 9.89. The molecule has 40 heavy (non-hydrogen) atoms. The molecule has 0 amide bonds. The number of benzene rings is 1. The number of rotatable bonds is 7. The predicted octanol–water partition coefficient (Wildman–Crippen LogP) is 5.23. The first kappa shape index (κ1) is 28.8. The van der Waals surface area contributed by atoms with E-state index in [0.717, 1.165) is 22.4 Å². The van der Waals surface area contributed by atoms with Crippen molar-refractivity contribution in [3.05, 3.63) is 80.6 Å². The molecule has 0 aliphatic carbocycles. The second-order valence-corrected chi connectivity index (χ2v) is 10.6. The van der Waals surface area contributed by atoms with E-state index in [4.69, 9.17) is 0 Å². The van der Waals surface area contributed by atoms with Gasteiger partial charge in [-0.1, -0.05) is 20.8 Å². The monoisotopic (exact) mass is 562 g/mol. The van der Waals surface area contributed by atoms with Crippen molar-refractivity contribution >= 4 is 16.5 Å². The molecule has 0 radical (unpaired) electrons. The highest BCUT2D eigenvalue weighted by molar-refractivity contribution is 5.86. The van der Waals surface area contributed by atoms with Gasteiger partial charge in [-0.25, -0.2) is 23.8 Å². The van der Waals surface area contributed by atoms with Crippen molar-refractivity contribution in [2.75, 3.05) is 5.32 Å². The maximum absolute atomic E-state index is 15.0. The Balaban J connectivity index is 1.51. The van der Waals surface area contributed by atoms with E-state index in [2.05, 4.69) is 20.4 Å². The van der Waals surface area contributed by atoms with Crippen LogP contribution in [0.2, 0.25) is 0 Å². The molecule has 0 spiro atoms. The van der Waals surface area contributed by atoms with Crippen LogP contribution in [0.3, 0.4) is 0 Å². The number of nitrogens with one attached hydrogen (secondary N) is 2. The van der Waals surface area contributed by atoms with Gasteiger partial charge in [-0.05, 0) is 41.5 Å². The quantitative estimate of drug-likeness (QED) is 0.299. The summed E-state index contributed by atoms with van der Waals surface area (Å²) in [6, 6.07) is 3.20. The summed E-state index contributed by atoms with van der Waals surface area (Å²) >= 11 is 0. The van der Waals surface area contributed by atoms with Gasteiger partial charge in [0, 0.05) is 31.1 Å². The van der Waals surface area contributed by atoms with Gasteiger partial charge < -0.3 is 9.88 Å². The van der Waals surface area contributed by atoms with Gasteiger partial charge in [0.25, 0.3) is 11.1 Å². The molecule has 0 aliphatic rings. The summed E-state index contributed by atoms with van der Waals surface area (Å²) < 4.78 is 70.8. The first-order valence-electron chi connectivity index (χ1n) is 12.4. The Labute approximate surface area is 225 Å². The average Bonchev–Trinajstić information content (AvgIpc) is 2.84. The van der Waals surface area contributed by atoms with Gasteiger partial charge >= 0.3 is 6.18 Å². The highest BCUT2D eigenvalue weighted by atomic mass is 19.4. The minimum absolute atomic E-state index is 0.0258. The molecule has 13 heteroatoms. The minimum Gasteiger partial charge on any atom is -0.381 e. The van der Waals surface area contributed by atoms with Crippen LogP contribution in [0, 0.1) is 5.82 Å². The summed E-state index contributed by atoms with van der Waals surface area (Å²) in [4.78, 5) is 33.2. The van der Waals surface area contributed by atoms with Crippen LogP contribution in [0.1, 0.15) is 45.2 Å². The largest absolute Gasteiger partial charge is 0.423 e. The molecule has 212 valence electrons. The van der Waals surface area contributed by atoms with Gasteiger partial charge in [0.05, 0.1) is 29.4 Å². The van der Waals surface area contributed by atoms with Gasteiger partial charge in [0.1, 0.15) is 17.6 Å². The van der Waals surface area contributed by atoms with E-state index in [1.54, 1.807) is 17.5 Å². The Morgan fingerprint density at radius 1 is 1.07 bits per heavy atom. The van der Waals surface area contributed by atoms with Gasteiger partial charge in [-0.2, -0.15) is 18.3 Å². The number of anilines is 1. The molecule has 0 aliphatic heterocycles. The number of fused-ring (bicyclic) bond motifs is 1. The van der Waals surface area contributed by atoms with Crippen molar-refractivity contribution < 1.29 is 22.0 Å². The Morgan fingerprint density at radius 2 is 1.75 bits per heavy atom. The summed E-state index contributed by atoms with van der Waals surface area (Å²) in [5.41, 5.74) is -3.30. The third-order valence-electron chi connectivity index (χ3n) is 6.37. The number of aromatic nitrogens is 5. The van der Waals surface area contributed by atoms with E-state index in [9.17, 15) is 27.2 Å². The van der Waals surface area contributed by atoms with E-state index in [1.165, 1.54) is 25.3 Å². The standard InChI is InChI=1S/C27H27F5N6O2/c1-14(36-21-12-35-37-24(39)22(21)27(30,31)32)7-17(28)13-38-6-5-15-8-19(20(29)9-18(15)25(38)40)23-33-10-16(11-34-23)26(2,3)4/h5-6,8-12,14,17H,7,13H2,1-4H3,(H2,36,37,39). The third kappa shape index (κ3) is 6.18. The maximum Gasteiger partial charge on any atom is 0.423 e. The molecule has 0 bridgehead atoms. The van der Waals surface area contributed by atoms with Crippen LogP contribution in [0.4, 0.5) is 27.6 Å². The molecule has 1 aromatic carbocycles. The van der Waals surface area contributed by atoms with Gasteiger partial charge in [0.2, 0.25) is 0 Å². The molecule has 0 saturated carbocycles. The van der Waals surface area contributed by atoms with Crippen molar-refractivity contribution in [3.63, 3.8) is 0 Å². The van der Waals surface area contributed by atoms with Crippen molar-refractivity contribution in [1.82, 2.24) is 24.7 Å². The summed E-state index contributed by atoms with van der Waals surface area (Å²) in [5.74, 6) is -0.557. The van der Waals surface area contributed by atoms with E-state index in [-0.39, 0.29) is 28.6 Å². The number of halogens is 5. The number of hydrogen-bond acceptors (Lipinski definition) is 6. The number of hydrogen-bond donors (Lipinski definition) is 2. The Kier molecular flexibility index (Phi) is 7.77. The number of aromatic amines is 1. The van der Waals surface area contributed by atoms with Crippen LogP contribution in [-0.2, 0) is 18.1 Å². The van der Waals surface area contributed by atoms with Crippen LogP contribution >= 0.6 is 0 Å². The SMILES string of the molecule is CC(CC(F)Cn1ccc2cc(-c3ncc(C(C)(C)C)cn3)c(F)cc2c1=O)Nc1cn[nH]c(=O)c1C(F)(F)F. The van der Waals surface area contributed by atoms with Crippen molar-refractivity contribution in [3.8, 4) is 11.4 Å². The fourth-order valence-electron chi connectivity index (χ4n) is 4.26. The van der Waals surface area contributed by atoms with Crippen LogP contribution in [-0.4, -0.2) is 36.9 Å². The maximum atomic E-state index is 15.0. The van der Waals surface area contributed by atoms with E-state index in [0.29, 0.717) is 5.39 Å². The van der Waals surface area contributed by atoms with Crippen LogP contribution < -0.4 is 16.4 Å². The lowest BCUT2D eigenvalue weighted by molar-refractivity contribution is -0.138. The van der Waals surface area contributed by atoms with E-state index < -0.39 is 53.1 Å². The summed E-state index contributed by atoms with van der Waals surface area (Å²) in [6.45, 7) is 7.02. The van der Waals surface area contributed by atoms with Gasteiger partial charge in [-0.15, -0.1) is 0 Å².